The molecule has 0 bridgehead atoms. The van der Waals surface area contributed by atoms with Crippen LogP contribution in [0.15, 0.2) is 17.3 Å². The number of rotatable bonds is 0. The van der Waals surface area contributed by atoms with Crippen molar-refractivity contribution in [2.45, 2.75) is 13.8 Å². The summed E-state index contributed by atoms with van der Waals surface area (Å²) in [6.45, 7) is 4.10. The molecule has 0 aliphatic carbocycles. The highest BCUT2D eigenvalue weighted by Gasteiger charge is 2.33. The van der Waals surface area contributed by atoms with Crippen molar-refractivity contribution in [1.29, 1.82) is 0 Å². The molecule has 0 amide bonds. The zero-order valence-electron chi connectivity index (χ0n) is 8.50. The van der Waals surface area contributed by atoms with Crippen LogP contribution in [-0.4, -0.2) is 24.9 Å². The van der Waals surface area contributed by atoms with Gasteiger partial charge in [-0.05, 0) is 12.5 Å². The van der Waals surface area contributed by atoms with Crippen LogP contribution in [0.5, 0.6) is 0 Å². The van der Waals surface area contributed by atoms with Gasteiger partial charge in [0, 0.05) is 19.2 Å². The Kier molecular flexibility index (Phi) is 1.54. The number of amidine groups is 1. The van der Waals surface area contributed by atoms with Gasteiger partial charge in [-0.1, -0.05) is 0 Å². The summed E-state index contributed by atoms with van der Waals surface area (Å²) in [5.41, 5.74) is 2.38. The standard InChI is InChI=1S/C10H14N3/c1-7-5-9-10(11-6-7)12-8(2)13(9,3)4/h5-6H,1-4H3/q+1. The van der Waals surface area contributed by atoms with E-state index in [0.29, 0.717) is 0 Å². The van der Waals surface area contributed by atoms with Crippen LogP contribution in [0.1, 0.15) is 12.5 Å². The van der Waals surface area contributed by atoms with Crippen LogP contribution in [-0.2, 0) is 0 Å². The smallest absolute Gasteiger partial charge is 0.219 e. The molecule has 2 rings (SSSR count). The van der Waals surface area contributed by atoms with Gasteiger partial charge in [-0.15, -0.1) is 0 Å². The fourth-order valence-electron chi connectivity index (χ4n) is 1.50. The summed E-state index contributed by atoms with van der Waals surface area (Å²) in [5.74, 6) is 1.96. The van der Waals surface area contributed by atoms with Gasteiger partial charge in [0.25, 0.3) is 0 Å². The summed E-state index contributed by atoms with van der Waals surface area (Å²) < 4.78 is 0.726. The molecule has 2 heterocycles. The molecular formula is C10H14N3+. The highest BCUT2D eigenvalue weighted by molar-refractivity contribution is 5.99. The van der Waals surface area contributed by atoms with Crippen molar-refractivity contribution in [2.24, 2.45) is 4.99 Å². The molecule has 0 saturated heterocycles. The van der Waals surface area contributed by atoms with Gasteiger partial charge in [-0.2, -0.15) is 4.99 Å². The molecule has 0 spiro atoms. The van der Waals surface area contributed by atoms with E-state index in [2.05, 4.69) is 37.1 Å². The van der Waals surface area contributed by atoms with Crippen LogP contribution in [0.4, 0.5) is 11.5 Å². The van der Waals surface area contributed by atoms with E-state index in [-0.39, 0.29) is 0 Å². The molecule has 0 fully saturated rings. The molecule has 3 heteroatoms. The van der Waals surface area contributed by atoms with E-state index < -0.39 is 0 Å². The Morgan fingerprint density at radius 3 is 2.62 bits per heavy atom. The van der Waals surface area contributed by atoms with Crippen LogP contribution in [0.2, 0.25) is 0 Å². The van der Waals surface area contributed by atoms with E-state index in [1.54, 1.807) is 0 Å². The third kappa shape index (κ3) is 1.08. The molecule has 0 saturated carbocycles. The van der Waals surface area contributed by atoms with Crippen LogP contribution in [0, 0.1) is 6.92 Å². The van der Waals surface area contributed by atoms with Crippen molar-refractivity contribution in [1.82, 2.24) is 9.47 Å². The first kappa shape index (κ1) is 8.38. The second kappa shape index (κ2) is 2.39. The lowest BCUT2D eigenvalue weighted by atomic mass is 10.2. The molecule has 0 radical (unpaired) electrons. The van der Waals surface area contributed by atoms with Crippen molar-refractivity contribution >= 4 is 17.3 Å². The monoisotopic (exact) mass is 176 g/mol. The molecule has 0 aromatic carbocycles. The first-order valence-electron chi connectivity index (χ1n) is 4.39. The van der Waals surface area contributed by atoms with Gasteiger partial charge in [0.1, 0.15) is 0 Å². The molecule has 1 aliphatic rings. The minimum atomic E-state index is 0.726. The average molecular weight is 176 g/mol. The van der Waals surface area contributed by atoms with Crippen LogP contribution in [0.25, 0.3) is 0 Å². The quantitative estimate of drug-likeness (QED) is 0.555. The summed E-state index contributed by atoms with van der Waals surface area (Å²) >= 11 is 0. The number of pyridine rings is 1. The zero-order valence-corrected chi connectivity index (χ0v) is 8.50. The summed E-state index contributed by atoms with van der Waals surface area (Å²) in [7, 11) is 4.26. The van der Waals surface area contributed by atoms with E-state index in [0.717, 1.165) is 16.1 Å². The Morgan fingerprint density at radius 1 is 1.23 bits per heavy atom. The Hall–Kier alpha value is -1.22. The fourth-order valence-corrected chi connectivity index (χ4v) is 1.50. The second-order valence-electron chi connectivity index (χ2n) is 3.97. The van der Waals surface area contributed by atoms with Gasteiger partial charge in [-0.3, -0.25) is 0 Å². The van der Waals surface area contributed by atoms with Crippen molar-refractivity contribution in [3.8, 4) is 0 Å². The van der Waals surface area contributed by atoms with Gasteiger partial charge < -0.3 is 0 Å². The van der Waals surface area contributed by atoms with E-state index in [1.807, 2.05) is 13.1 Å². The number of fused-ring (bicyclic) bond motifs is 1. The van der Waals surface area contributed by atoms with Crippen molar-refractivity contribution in [2.75, 3.05) is 14.1 Å². The second-order valence-corrected chi connectivity index (χ2v) is 3.97. The molecule has 1 aromatic rings. The molecule has 13 heavy (non-hydrogen) atoms. The Balaban J connectivity index is 2.65. The summed E-state index contributed by atoms with van der Waals surface area (Å²) in [4.78, 5) is 8.73. The maximum absolute atomic E-state index is 4.42. The van der Waals surface area contributed by atoms with Crippen LogP contribution >= 0.6 is 0 Å². The first-order valence-corrected chi connectivity index (χ1v) is 4.39. The molecular weight excluding hydrogens is 162 g/mol. The van der Waals surface area contributed by atoms with E-state index in [1.165, 1.54) is 11.3 Å². The highest BCUT2D eigenvalue weighted by atomic mass is 15.4. The van der Waals surface area contributed by atoms with Gasteiger partial charge in [0.2, 0.25) is 11.7 Å². The Labute approximate surface area is 78.3 Å². The zero-order chi connectivity index (χ0) is 9.64. The summed E-state index contributed by atoms with van der Waals surface area (Å²) in [6.07, 6.45) is 1.86. The van der Waals surface area contributed by atoms with E-state index in [4.69, 9.17) is 0 Å². The third-order valence-corrected chi connectivity index (χ3v) is 2.66. The Morgan fingerprint density at radius 2 is 1.92 bits per heavy atom. The van der Waals surface area contributed by atoms with Crippen molar-refractivity contribution < 1.29 is 0 Å². The molecule has 0 N–H and O–H groups in total. The minimum Gasteiger partial charge on any atom is -0.248 e. The molecule has 1 aromatic heterocycles. The number of nitrogens with zero attached hydrogens (tertiary/aromatic N) is 3. The number of aliphatic imine (C=N–C) groups is 1. The summed E-state index contributed by atoms with van der Waals surface area (Å²) in [5, 5.41) is 0. The molecule has 3 nitrogen and oxygen atoms in total. The lowest BCUT2D eigenvalue weighted by molar-refractivity contribution is 0.603. The van der Waals surface area contributed by atoms with Gasteiger partial charge in [0.15, 0.2) is 5.69 Å². The van der Waals surface area contributed by atoms with Gasteiger partial charge >= 0.3 is 0 Å². The number of aromatic nitrogens is 1. The first-order chi connectivity index (χ1) is 6.01. The fraction of sp³-hybridized carbons (Fsp3) is 0.400. The lowest BCUT2D eigenvalue weighted by Crippen LogP contribution is -2.42. The molecule has 0 atom stereocenters. The summed E-state index contributed by atoms with van der Waals surface area (Å²) in [6, 6.07) is 2.16. The van der Waals surface area contributed by atoms with E-state index >= 15 is 0 Å². The average Bonchev–Trinajstić information content (AvgIpc) is 2.27. The van der Waals surface area contributed by atoms with Crippen molar-refractivity contribution in [3.63, 3.8) is 0 Å². The molecule has 1 aliphatic heterocycles. The minimum absolute atomic E-state index is 0.726. The van der Waals surface area contributed by atoms with E-state index in [9.17, 15) is 0 Å². The number of aryl methyl sites for hydroxylation is 1. The number of hydrogen-bond donors (Lipinski definition) is 0. The largest absolute Gasteiger partial charge is 0.248 e. The third-order valence-electron chi connectivity index (χ3n) is 2.66. The van der Waals surface area contributed by atoms with Crippen LogP contribution in [0.3, 0.4) is 0 Å². The Bertz CT molecular complexity index is 391. The SMILES string of the molecule is CC1=Nc2ncc(C)cc2[N+]1(C)C. The normalized spacial score (nSPS) is 18.3. The topological polar surface area (TPSA) is 25.2 Å². The predicted octanol–water partition coefficient (Wildman–Crippen LogP) is 2.02. The molecule has 0 unspecified atom stereocenters. The predicted molar refractivity (Wildman–Crippen MR) is 55.4 cm³/mol. The molecule has 68 valence electrons. The highest BCUT2D eigenvalue weighted by Crippen LogP contribution is 2.36. The number of quaternary nitrogens is 1. The van der Waals surface area contributed by atoms with Gasteiger partial charge in [-0.25, -0.2) is 9.47 Å². The number of hydrogen-bond acceptors (Lipinski definition) is 2. The lowest BCUT2D eigenvalue weighted by Gasteiger charge is -2.22. The maximum Gasteiger partial charge on any atom is 0.219 e. The maximum atomic E-state index is 4.42. The van der Waals surface area contributed by atoms with Crippen LogP contribution < -0.4 is 4.48 Å². The van der Waals surface area contributed by atoms with Gasteiger partial charge in [0.05, 0.1) is 14.1 Å². The van der Waals surface area contributed by atoms with Crippen molar-refractivity contribution in [3.05, 3.63) is 17.8 Å².